The van der Waals surface area contributed by atoms with E-state index in [0.717, 1.165) is 18.4 Å². The minimum atomic E-state index is 0.0490. The van der Waals surface area contributed by atoms with E-state index in [4.69, 9.17) is 0 Å². The number of carbonyl (C=O) groups excluding carboxylic acids is 1. The van der Waals surface area contributed by atoms with Gasteiger partial charge in [0.1, 0.15) is 5.82 Å². The molecule has 1 atom stereocenters. The summed E-state index contributed by atoms with van der Waals surface area (Å²) in [5.74, 6) is 1.09. The summed E-state index contributed by atoms with van der Waals surface area (Å²) < 4.78 is 0. The molecule has 0 aliphatic heterocycles. The molecule has 0 saturated heterocycles. The van der Waals surface area contributed by atoms with Gasteiger partial charge in [-0.3, -0.25) is 4.79 Å². The van der Waals surface area contributed by atoms with E-state index in [-0.39, 0.29) is 5.91 Å². The van der Waals surface area contributed by atoms with E-state index >= 15 is 0 Å². The Balaban J connectivity index is 1.86. The van der Waals surface area contributed by atoms with Crippen LogP contribution >= 0.6 is 0 Å². The van der Waals surface area contributed by atoms with Crippen LogP contribution in [0.2, 0.25) is 0 Å². The van der Waals surface area contributed by atoms with Gasteiger partial charge in [-0.1, -0.05) is 18.2 Å². The molecule has 1 N–H and O–H groups in total. The van der Waals surface area contributed by atoms with Crippen molar-refractivity contribution in [3.05, 3.63) is 36.0 Å². The molecule has 1 aliphatic carbocycles. The van der Waals surface area contributed by atoms with Crippen LogP contribution in [0.25, 0.3) is 0 Å². The van der Waals surface area contributed by atoms with Crippen molar-refractivity contribution in [3.63, 3.8) is 0 Å². The predicted octanol–water partition coefficient (Wildman–Crippen LogP) is 2.68. The fourth-order valence-electron chi connectivity index (χ4n) is 1.84. The molecule has 3 nitrogen and oxygen atoms in total. The van der Waals surface area contributed by atoms with Gasteiger partial charge < -0.3 is 5.32 Å². The summed E-state index contributed by atoms with van der Waals surface area (Å²) in [6, 6.07) is 3.77. The van der Waals surface area contributed by atoms with Gasteiger partial charge in [0.25, 0.3) is 0 Å². The van der Waals surface area contributed by atoms with E-state index in [1.54, 1.807) is 6.20 Å². The van der Waals surface area contributed by atoms with Crippen molar-refractivity contribution in [3.8, 4) is 0 Å². The second-order valence-corrected chi connectivity index (χ2v) is 4.24. The monoisotopic (exact) mass is 216 g/mol. The molecule has 3 heteroatoms. The Hall–Kier alpha value is -1.64. The third-order valence-electron chi connectivity index (χ3n) is 2.74. The molecular formula is C13H16N2O. The number of nitrogens with zero attached hydrogens (tertiary/aromatic N) is 1. The molecule has 0 saturated carbocycles. The number of hydrogen-bond acceptors (Lipinski definition) is 2. The molecule has 0 spiro atoms. The summed E-state index contributed by atoms with van der Waals surface area (Å²) in [7, 11) is 0. The number of carbonyl (C=O) groups is 1. The SMILES string of the molecule is Cc1ccc(NC(=O)C[C@@H]2C=CCC2)nc1. The maximum absolute atomic E-state index is 11.7. The third-order valence-corrected chi connectivity index (χ3v) is 2.74. The van der Waals surface area contributed by atoms with E-state index in [0.29, 0.717) is 18.2 Å². The highest BCUT2D eigenvalue weighted by atomic mass is 16.1. The Kier molecular flexibility index (Phi) is 3.34. The fraction of sp³-hybridized carbons (Fsp3) is 0.385. The topological polar surface area (TPSA) is 42.0 Å². The van der Waals surface area contributed by atoms with E-state index in [1.165, 1.54) is 0 Å². The molecule has 84 valence electrons. The average molecular weight is 216 g/mol. The molecule has 1 amide bonds. The summed E-state index contributed by atoms with van der Waals surface area (Å²) in [5, 5.41) is 2.81. The fourth-order valence-corrected chi connectivity index (χ4v) is 1.84. The van der Waals surface area contributed by atoms with E-state index in [1.807, 2.05) is 19.1 Å². The van der Waals surface area contributed by atoms with Crippen molar-refractivity contribution in [2.24, 2.45) is 5.92 Å². The molecule has 1 aromatic heterocycles. The standard InChI is InChI=1S/C13H16N2O/c1-10-6-7-12(14-9-10)15-13(16)8-11-4-2-3-5-11/h2,4,6-7,9,11H,3,5,8H2,1H3,(H,14,15,16)/t11-/m1/s1. The highest BCUT2D eigenvalue weighted by Crippen LogP contribution is 2.20. The minimum Gasteiger partial charge on any atom is -0.311 e. The van der Waals surface area contributed by atoms with Crippen LogP contribution in [0.15, 0.2) is 30.5 Å². The van der Waals surface area contributed by atoms with Gasteiger partial charge in [-0.05, 0) is 37.3 Å². The quantitative estimate of drug-likeness (QED) is 0.789. The van der Waals surface area contributed by atoms with Gasteiger partial charge in [0, 0.05) is 12.6 Å². The lowest BCUT2D eigenvalue weighted by molar-refractivity contribution is -0.116. The molecule has 16 heavy (non-hydrogen) atoms. The van der Waals surface area contributed by atoms with Crippen molar-refractivity contribution in [2.75, 3.05) is 5.32 Å². The lowest BCUT2D eigenvalue weighted by Crippen LogP contribution is -2.15. The number of pyridine rings is 1. The second kappa shape index (κ2) is 4.92. The minimum absolute atomic E-state index is 0.0490. The van der Waals surface area contributed by atoms with Crippen LogP contribution < -0.4 is 5.32 Å². The summed E-state index contributed by atoms with van der Waals surface area (Å²) in [6.45, 7) is 1.97. The first-order chi connectivity index (χ1) is 7.74. The van der Waals surface area contributed by atoms with E-state index in [2.05, 4.69) is 22.5 Å². The number of aromatic nitrogens is 1. The van der Waals surface area contributed by atoms with Crippen molar-refractivity contribution in [1.29, 1.82) is 0 Å². The highest BCUT2D eigenvalue weighted by Gasteiger charge is 2.14. The van der Waals surface area contributed by atoms with Crippen LogP contribution in [-0.4, -0.2) is 10.9 Å². The summed E-state index contributed by atoms with van der Waals surface area (Å²) in [5.41, 5.74) is 1.09. The summed E-state index contributed by atoms with van der Waals surface area (Å²) in [6.07, 6.45) is 8.77. The lowest BCUT2D eigenvalue weighted by Gasteiger charge is -2.08. The van der Waals surface area contributed by atoms with Gasteiger partial charge in [0.05, 0.1) is 0 Å². The average Bonchev–Trinajstić information content (AvgIpc) is 2.74. The predicted molar refractivity (Wildman–Crippen MR) is 64.1 cm³/mol. The van der Waals surface area contributed by atoms with Crippen LogP contribution in [-0.2, 0) is 4.79 Å². The number of anilines is 1. The van der Waals surface area contributed by atoms with Crippen LogP contribution in [0.3, 0.4) is 0 Å². The maximum Gasteiger partial charge on any atom is 0.226 e. The van der Waals surface area contributed by atoms with E-state index in [9.17, 15) is 4.79 Å². The number of nitrogens with one attached hydrogen (secondary N) is 1. The van der Waals surface area contributed by atoms with Crippen LogP contribution in [0.4, 0.5) is 5.82 Å². The number of amides is 1. The summed E-state index contributed by atoms with van der Waals surface area (Å²) in [4.78, 5) is 15.8. The molecule has 0 radical (unpaired) electrons. The molecule has 1 heterocycles. The van der Waals surface area contributed by atoms with E-state index < -0.39 is 0 Å². The molecular weight excluding hydrogens is 200 g/mol. The first kappa shape index (κ1) is 10.9. The van der Waals surface area contributed by atoms with Gasteiger partial charge >= 0.3 is 0 Å². The molecule has 0 aromatic carbocycles. The Morgan fingerprint density at radius 2 is 2.44 bits per heavy atom. The van der Waals surface area contributed by atoms with Gasteiger partial charge in [-0.25, -0.2) is 4.98 Å². The number of rotatable bonds is 3. The van der Waals surface area contributed by atoms with Crippen LogP contribution in [0.1, 0.15) is 24.8 Å². The molecule has 2 rings (SSSR count). The van der Waals surface area contributed by atoms with Crippen LogP contribution in [0.5, 0.6) is 0 Å². The number of aryl methyl sites for hydroxylation is 1. The van der Waals surface area contributed by atoms with Crippen molar-refractivity contribution in [2.45, 2.75) is 26.2 Å². The highest BCUT2D eigenvalue weighted by molar-refractivity contribution is 5.90. The zero-order valence-electron chi connectivity index (χ0n) is 9.44. The van der Waals surface area contributed by atoms with Gasteiger partial charge in [0.2, 0.25) is 5.91 Å². The number of allylic oxidation sites excluding steroid dienone is 2. The first-order valence-electron chi connectivity index (χ1n) is 5.63. The van der Waals surface area contributed by atoms with Gasteiger partial charge in [0.15, 0.2) is 0 Å². The zero-order valence-corrected chi connectivity index (χ0v) is 9.44. The molecule has 0 fully saturated rings. The maximum atomic E-state index is 11.7. The largest absolute Gasteiger partial charge is 0.311 e. The zero-order chi connectivity index (χ0) is 11.4. The Morgan fingerprint density at radius 3 is 3.06 bits per heavy atom. The smallest absolute Gasteiger partial charge is 0.226 e. The second-order valence-electron chi connectivity index (χ2n) is 4.24. The van der Waals surface area contributed by atoms with Crippen molar-refractivity contribution < 1.29 is 4.79 Å². The van der Waals surface area contributed by atoms with Gasteiger partial charge in [-0.2, -0.15) is 0 Å². The van der Waals surface area contributed by atoms with Crippen LogP contribution in [0, 0.1) is 12.8 Å². The van der Waals surface area contributed by atoms with Crippen molar-refractivity contribution in [1.82, 2.24) is 4.98 Å². The Labute approximate surface area is 95.6 Å². The van der Waals surface area contributed by atoms with Gasteiger partial charge in [-0.15, -0.1) is 0 Å². The lowest BCUT2D eigenvalue weighted by atomic mass is 10.1. The van der Waals surface area contributed by atoms with Crippen molar-refractivity contribution >= 4 is 11.7 Å². The molecule has 1 aliphatic rings. The molecule has 1 aromatic rings. The Morgan fingerprint density at radius 1 is 1.56 bits per heavy atom. The molecule has 0 unspecified atom stereocenters. The third kappa shape index (κ3) is 2.92. The molecule has 0 bridgehead atoms. The Bertz CT molecular complexity index is 395. The summed E-state index contributed by atoms with van der Waals surface area (Å²) >= 11 is 0. The first-order valence-corrected chi connectivity index (χ1v) is 5.63. The number of hydrogen-bond donors (Lipinski definition) is 1. The normalized spacial score (nSPS) is 18.7.